The monoisotopic (exact) mass is 239 g/mol. The molecule has 1 fully saturated rings. The summed E-state index contributed by atoms with van der Waals surface area (Å²) in [6.07, 6.45) is 2.94. The summed E-state index contributed by atoms with van der Waals surface area (Å²) < 4.78 is 24.1. The number of rotatable bonds is 3. The second kappa shape index (κ2) is 5.87. The molecule has 1 aliphatic heterocycles. The van der Waals surface area contributed by atoms with Gasteiger partial charge in [-0.2, -0.15) is 0 Å². The van der Waals surface area contributed by atoms with Crippen LogP contribution in [0.2, 0.25) is 0 Å². The van der Waals surface area contributed by atoms with Crippen molar-refractivity contribution < 1.29 is 13.9 Å². The summed E-state index contributed by atoms with van der Waals surface area (Å²) in [5.41, 5.74) is 0.510. The number of nitrogens with one attached hydrogen (secondary N) is 1. The molecule has 0 aromatic heterocycles. The highest BCUT2D eigenvalue weighted by molar-refractivity contribution is 5.50. The molecule has 0 radical (unpaired) electrons. The van der Waals surface area contributed by atoms with Gasteiger partial charge in [-0.1, -0.05) is 0 Å². The minimum atomic E-state index is -0.240. The highest BCUT2D eigenvalue weighted by Crippen LogP contribution is 2.23. The van der Waals surface area contributed by atoms with Gasteiger partial charge in [-0.25, -0.2) is 4.39 Å². The van der Waals surface area contributed by atoms with E-state index in [0.717, 1.165) is 32.5 Å². The molecule has 0 amide bonds. The molecule has 17 heavy (non-hydrogen) atoms. The Morgan fingerprint density at radius 2 is 2.24 bits per heavy atom. The molecule has 0 spiro atoms. The third kappa shape index (κ3) is 3.33. The highest BCUT2D eigenvalue weighted by atomic mass is 19.1. The number of halogens is 1. The van der Waals surface area contributed by atoms with Gasteiger partial charge in [-0.3, -0.25) is 0 Å². The van der Waals surface area contributed by atoms with Gasteiger partial charge in [0.1, 0.15) is 11.6 Å². The zero-order valence-corrected chi connectivity index (χ0v) is 10.0. The summed E-state index contributed by atoms with van der Waals surface area (Å²) >= 11 is 0. The lowest BCUT2D eigenvalue weighted by Gasteiger charge is -2.18. The predicted octanol–water partition coefficient (Wildman–Crippen LogP) is 2.82. The average Bonchev–Trinajstić information content (AvgIpc) is 2.60. The summed E-state index contributed by atoms with van der Waals surface area (Å²) in [7, 11) is 1.58. The number of benzene rings is 1. The predicted molar refractivity (Wildman–Crippen MR) is 65.0 cm³/mol. The SMILES string of the molecule is COc1ccc(F)c(NC2CCCOCC2)c1. The standard InChI is InChI=1S/C13H18FNO2/c1-16-11-4-5-12(14)13(9-11)15-10-3-2-7-17-8-6-10/h4-5,9-10,15H,2-3,6-8H2,1H3. The Balaban J connectivity index is 2.05. The second-order valence-corrected chi connectivity index (χ2v) is 4.23. The minimum Gasteiger partial charge on any atom is -0.497 e. The van der Waals surface area contributed by atoms with Gasteiger partial charge in [0.15, 0.2) is 0 Å². The van der Waals surface area contributed by atoms with Crippen LogP contribution < -0.4 is 10.1 Å². The van der Waals surface area contributed by atoms with Crippen molar-refractivity contribution in [3.05, 3.63) is 24.0 Å². The molecule has 1 saturated heterocycles. The van der Waals surface area contributed by atoms with Crippen LogP contribution in [0.4, 0.5) is 10.1 Å². The molecule has 1 aromatic rings. The molecule has 1 unspecified atom stereocenters. The number of anilines is 1. The van der Waals surface area contributed by atoms with Gasteiger partial charge in [0.25, 0.3) is 0 Å². The Bertz CT molecular complexity index is 362. The number of ether oxygens (including phenoxy) is 2. The van der Waals surface area contributed by atoms with Gasteiger partial charge in [0.05, 0.1) is 12.8 Å². The van der Waals surface area contributed by atoms with Crippen molar-refractivity contribution in [1.29, 1.82) is 0 Å². The number of hydrogen-bond donors (Lipinski definition) is 1. The molecule has 2 rings (SSSR count). The van der Waals surface area contributed by atoms with Crippen LogP contribution in [-0.2, 0) is 4.74 Å². The van der Waals surface area contributed by atoms with Crippen LogP contribution >= 0.6 is 0 Å². The van der Waals surface area contributed by atoms with Crippen LogP contribution in [0.15, 0.2) is 18.2 Å². The van der Waals surface area contributed by atoms with E-state index in [1.54, 1.807) is 19.2 Å². The van der Waals surface area contributed by atoms with E-state index in [0.29, 0.717) is 11.4 Å². The Kier molecular flexibility index (Phi) is 4.20. The van der Waals surface area contributed by atoms with E-state index in [-0.39, 0.29) is 11.9 Å². The van der Waals surface area contributed by atoms with E-state index in [4.69, 9.17) is 9.47 Å². The first-order chi connectivity index (χ1) is 8.29. The second-order valence-electron chi connectivity index (χ2n) is 4.23. The zero-order valence-electron chi connectivity index (χ0n) is 10.0. The Hall–Kier alpha value is -1.29. The molecule has 0 bridgehead atoms. The molecular weight excluding hydrogens is 221 g/mol. The molecule has 1 aromatic carbocycles. The minimum absolute atomic E-state index is 0.240. The van der Waals surface area contributed by atoms with Crippen molar-refractivity contribution in [2.75, 3.05) is 25.6 Å². The summed E-state index contributed by atoms with van der Waals surface area (Å²) in [6.45, 7) is 1.54. The first-order valence-electron chi connectivity index (χ1n) is 5.97. The average molecular weight is 239 g/mol. The van der Waals surface area contributed by atoms with Crippen molar-refractivity contribution >= 4 is 5.69 Å². The maximum Gasteiger partial charge on any atom is 0.146 e. The van der Waals surface area contributed by atoms with Crippen molar-refractivity contribution in [2.24, 2.45) is 0 Å². The van der Waals surface area contributed by atoms with Gasteiger partial charge >= 0.3 is 0 Å². The molecule has 4 heteroatoms. The Labute approximate surface area is 101 Å². The van der Waals surface area contributed by atoms with E-state index in [2.05, 4.69) is 5.32 Å². The van der Waals surface area contributed by atoms with Gasteiger partial charge < -0.3 is 14.8 Å². The molecular formula is C13H18FNO2. The number of methoxy groups -OCH3 is 1. The summed E-state index contributed by atoms with van der Waals surface area (Å²) in [4.78, 5) is 0. The molecule has 1 N–H and O–H groups in total. The fourth-order valence-electron chi connectivity index (χ4n) is 2.01. The van der Waals surface area contributed by atoms with Crippen LogP contribution in [0.25, 0.3) is 0 Å². The van der Waals surface area contributed by atoms with E-state index in [1.807, 2.05) is 0 Å². The third-order valence-corrected chi connectivity index (χ3v) is 2.99. The lowest BCUT2D eigenvalue weighted by Crippen LogP contribution is -2.20. The van der Waals surface area contributed by atoms with E-state index in [9.17, 15) is 4.39 Å². The molecule has 1 aliphatic rings. The van der Waals surface area contributed by atoms with Gasteiger partial charge in [-0.05, 0) is 31.4 Å². The molecule has 1 atom stereocenters. The van der Waals surface area contributed by atoms with Crippen molar-refractivity contribution in [3.63, 3.8) is 0 Å². The van der Waals surface area contributed by atoms with Crippen LogP contribution in [0.3, 0.4) is 0 Å². The lowest BCUT2D eigenvalue weighted by molar-refractivity contribution is 0.144. The van der Waals surface area contributed by atoms with E-state index >= 15 is 0 Å². The molecule has 94 valence electrons. The summed E-state index contributed by atoms with van der Waals surface area (Å²) in [5.74, 6) is 0.426. The number of hydrogen-bond acceptors (Lipinski definition) is 3. The highest BCUT2D eigenvalue weighted by Gasteiger charge is 2.14. The fourth-order valence-corrected chi connectivity index (χ4v) is 2.01. The maximum atomic E-state index is 13.6. The topological polar surface area (TPSA) is 30.5 Å². The third-order valence-electron chi connectivity index (χ3n) is 2.99. The van der Waals surface area contributed by atoms with Crippen molar-refractivity contribution in [3.8, 4) is 5.75 Å². The fraction of sp³-hybridized carbons (Fsp3) is 0.538. The van der Waals surface area contributed by atoms with Gasteiger partial charge in [0.2, 0.25) is 0 Å². The largest absolute Gasteiger partial charge is 0.497 e. The normalized spacial score (nSPS) is 20.7. The van der Waals surface area contributed by atoms with E-state index < -0.39 is 0 Å². The first-order valence-corrected chi connectivity index (χ1v) is 5.97. The van der Waals surface area contributed by atoms with Crippen LogP contribution in [0, 0.1) is 5.82 Å². The summed E-state index contributed by atoms with van der Waals surface area (Å²) in [5, 5.41) is 3.23. The lowest BCUT2D eigenvalue weighted by atomic mass is 10.1. The Morgan fingerprint density at radius 3 is 3.06 bits per heavy atom. The van der Waals surface area contributed by atoms with Crippen molar-refractivity contribution in [1.82, 2.24) is 0 Å². The summed E-state index contributed by atoms with van der Waals surface area (Å²) in [6, 6.07) is 5.02. The van der Waals surface area contributed by atoms with Crippen LogP contribution in [0.1, 0.15) is 19.3 Å². The van der Waals surface area contributed by atoms with Gasteiger partial charge in [-0.15, -0.1) is 0 Å². The zero-order chi connectivity index (χ0) is 12.1. The molecule has 0 saturated carbocycles. The van der Waals surface area contributed by atoms with Crippen LogP contribution in [-0.4, -0.2) is 26.4 Å². The van der Waals surface area contributed by atoms with Crippen LogP contribution in [0.5, 0.6) is 5.75 Å². The first kappa shape index (κ1) is 12.2. The molecule has 3 nitrogen and oxygen atoms in total. The Morgan fingerprint density at radius 1 is 1.35 bits per heavy atom. The smallest absolute Gasteiger partial charge is 0.146 e. The molecule has 0 aliphatic carbocycles. The van der Waals surface area contributed by atoms with Crippen molar-refractivity contribution in [2.45, 2.75) is 25.3 Å². The molecule has 1 heterocycles. The van der Waals surface area contributed by atoms with E-state index in [1.165, 1.54) is 6.07 Å². The quantitative estimate of drug-likeness (QED) is 0.879. The maximum absolute atomic E-state index is 13.6. The van der Waals surface area contributed by atoms with Gasteiger partial charge in [0, 0.05) is 25.3 Å².